The summed E-state index contributed by atoms with van der Waals surface area (Å²) in [6, 6.07) is 2.16. The van der Waals surface area contributed by atoms with Crippen LogP contribution >= 0.6 is 0 Å². The molecule has 15 heavy (non-hydrogen) atoms. The van der Waals surface area contributed by atoms with Crippen molar-refractivity contribution in [2.45, 2.75) is 33.1 Å². The topological polar surface area (TPSA) is 0 Å². The van der Waals surface area contributed by atoms with Crippen LogP contribution < -0.4 is 0 Å². The molecule has 1 aromatic carbocycles. The van der Waals surface area contributed by atoms with Gasteiger partial charge in [-0.25, -0.2) is 13.2 Å². The molecule has 3 heteroatoms. The summed E-state index contributed by atoms with van der Waals surface area (Å²) in [6.07, 6.45) is 0.918. The third-order valence-corrected chi connectivity index (χ3v) is 3.03. The van der Waals surface area contributed by atoms with Crippen molar-refractivity contribution < 1.29 is 13.2 Å². The van der Waals surface area contributed by atoms with Crippen LogP contribution in [0.15, 0.2) is 12.1 Å². The lowest BCUT2D eigenvalue weighted by atomic mass is 9.87. The SMILES string of the molecule is CCC(C)C(C)c1cc(F)c(F)c(F)c1. The number of benzene rings is 1. The summed E-state index contributed by atoms with van der Waals surface area (Å²) in [5, 5.41) is 0. The highest BCUT2D eigenvalue weighted by molar-refractivity contribution is 5.23. The second-order valence-electron chi connectivity index (χ2n) is 3.97. The maximum Gasteiger partial charge on any atom is 0.194 e. The van der Waals surface area contributed by atoms with E-state index in [0.29, 0.717) is 11.5 Å². The van der Waals surface area contributed by atoms with Crippen molar-refractivity contribution >= 4 is 0 Å². The van der Waals surface area contributed by atoms with Gasteiger partial charge in [0.05, 0.1) is 0 Å². The lowest BCUT2D eigenvalue weighted by Crippen LogP contribution is -2.07. The van der Waals surface area contributed by atoms with Gasteiger partial charge in [0.1, 0.15) is 0 Å². The van der Waals surface area contributed by atoms with Gasteiger partial charge in [-0.2, -0.15) is 0 Å². The van der Waals surface area contributed by atoms with Crippen LogP contribution in [0, 0.1) is 23.4 Å². The number of halogens is 3. The molecule has 1 aromatic rings. The summed E-state index contributed by atoms with van der Waals surface area (Å²) in [5.74, 6) is -3.27. The van der Waals surface area contributed by atoms with Gasteiger partial charge in [-0.05, 0) is 29.5 Å². The summed E-state index contributed by atoms with van der Waals surface area (Å²) >= 11 is 0. The van der Waals surface area contributed by atoms with Crippen LogP contribution in [-0.2, 0) is 0 Å². The van der Waals surface area contributed by atoms with Crippen molar-refractivity contribution in [1.29, 1.82) is 0 Å². The molecule has 0 radical (unpaired) electrons. The summed E-state index contributed by atoms with van der Waals surface area (Å²) in [4.78, 5) is 0. The van der Waals surface area contributed by atoms with Gasteiger partial charge in [0.25, 0.3) is 0 Å². The van der Waals surface area contributed by atoms with E-state index in [1.54, 1.807) is 0 Å². The smallest absolute Gasteiger partial charge is 0.194 e. The van der Waals surface area contributed by atoms with Crippen molar-refractivity contribution in [3.05, 3.63) is 35.1 Å². The van der Waals surface area contributed by atoms with Crippen molar-refractivity contribution in [3.63, 3.8) is 0 Å². The largest absolute Gasteiger partial charge is 0.204 e. The molecule has 0 aliphatic heterocycles. The Morgan fingerprint density at radius 3 is 1.93 bits per heavy atom. The highest BCUT2D eigenvalue weighted by Crippen LogP contribution is 2.28. The summed E-state index contributed by atoms with van der Waals surface area (Å²) in [6.45, 7) is 5.90. The third kappa shape index (κ3) is 2.52. The molecule has 84 valence electrons. The normalized spacial score (nSPS) is 15.1. The molecule has 0 amide bonds. The fourth-order valence-corrected chi connectivity index (χ4v) is 1.52. The minimum Gasteiger partial charge on any atom is -0.204 e. The molecular formula is C12H15F3. The first-order chi connectivity index (χ1) is 6.97. The molecule has 2 atom stereocenters. The van der Waals surface area contributed by atoms with Crippen LogP contribution in [0.1, 0.15) is 38.7 Å². The average Bonchev–Trinajstić information content (AvgIpc) is 2.23. The fourth-order valence-electron chi connectivity index (χ4n) is 1.52. The Morgan fingerprint density at radius 2 is 1.53 bits per heavy atom. The molecule has 0 heterocycles. The molecular weight excluding hydrogens is 201 g/mol. The minimum absolute atomic E-state index is 0.0274. The minimum atomic E-state index is -1.39. The van der Waals surface area contributed by atoms with E-state index in [-0.39, 0.29) is 5.92 Å². The van der Waals surface area contributed by atoms with Crippen molar-refractivity contribution in [2.24, 2.45) is 5.92 Å². The van der Waals surface area contributed by atoms with Crippen LogP contribution in [-0.4, -0.2) is 0 Å². The Labute approximate surface area is 88.1 Å². The van der Waals surface area contributed by atoms with Gasteiger partial charge in [0.15, 0.2) is 17.5 Å². The first-order valence-corrected chi connectivity index (χ1v) is 5.11. The Balaban J connectivity index is 3.06. The first-order valence-electron chi connectivity index (χ1n) is 5.11. The molecule has 0 N–H and O–H groups in total. The molecule has 0 aliphatic carbocycles. The maximum absolute atomic E-state index is 13.0. The van der Waals surface area contributed by atoms with Gasteiger partial charge in [0, 0.05) is 0 Å². The number of rotatable bonds is 3. The first kappa shape index (κ1) is 12.1. The van der Waals surface area contributed by atoms with E-state index >= 15 is 0 Å². The predicted octanol–water partition coefficient (Wildman–Crippen LogP) is 4.25. The summed E-state index contributed by atoms with van der Waals surface area (Å²) in [5.41, 5.74) is 0.515. The Hall–Kier alpha value is -0.990. The number of hydrogen-bond donors (Lipinski definition) is 0. The van der Waals surface area contributed by atoms with Crippen LogP contribution in [0.25, 0.3) is 0 Å². The van der Waals surface area contributed by atoms with E-state index in [4.69, 9.17) is 0 Å². The molecule has 0 saturated carbocycles. The lowest BCUT2D eigenvalue weighted by Gasteiger charge is -2.18. The zero-order valence-electron chi connectivity index (χ0n) is 9.15. The summed E-state index contributed by atoms with van der Waals surface area (Å²) in [7, 11) is 0. The van der Waals surface area contributed by atoms with E-state index in [1.165, 1.54) is 0 Å². The van der Waals surface area contributed by atoms with E-state index in [0.717, 1.165) is 18.6 Å². The van der Waals surface area contributed by atoms with Gasteiger partial charge in [-0.15, -0.1) is 0 Å². The Bertz CT molecular complexity index is 324. The second kappa shape index (κ2) is 4.69. The Kier molecular flexibility index (Phi) is 3.77. The van der Waals surface area contributed by atoms with E-state index in [2.05, 4.69) is 0 Å². The maximum atomic E-state index is 13.0. The monoisotopic (exact) mass is 216 g/mol. The highest BCUT2D eigenvalue weighted by Gasteiger charge is 2.17. The van der Waals surface area contributed by atoms with Gasteiger partial charge < -0.3 is 0 Å². The molecule has 0 spiro atoms. The van der Waals surface area contributed by atoms with E-state index < -0.39 is 17.5 Å². The molecule has 1 rings (SSSR count). The predicted molar refractivity (Wildman–Crippen MR) is 54.2 cm³/mol. The van der Waals surface area contributed by atoms with Crippen molar-refractivity contribution in [3.8, 4) is 0 Å². The molecule has 0 nitrogen and oxygen atoms in total. The average molecular weight is 216 g/mol. The van der Waals surface area contributed by atoms with Crippen LogP contribution in [0.4, 0.5) is 13.2 Å². The molecule has 0 saturated heterocycles. The van der Waals surface area contributed by atoms with Crippen molar-refractivity contribution in [1.82, 2.24) is 0 Å². The van der Waals surface area contributed by atoms with Crippen LogP contribution in [0.5, 0.6) is 0 Å². The number of hydrogen-bond acceptors (Lipinski definition) is 0. The second-order valence-corrected chi connectivity index (χ2v) is 3.97. The summed E-state index contributed by atoms with van der Waals surface area (Å²) < 4.78 is 38.6. The molecule has 0 bridgehead atoms. The lowest BCUT2D eigenvalue weighted by molar-refractivity contribution is 0.432. The van der Waals surface area contributed by atoms with E-state index in [1.807, 2.05) is 20.8 Å². The highest BCUT2D eigenvalue weighted by atomic mass is 19.2. The van der Waals surface area contributed by atoms with Gasteiger partial charge in [-0.3, -0.25) is 0 Å². The van der Waals surface area contributed by atoms with E-state index in [9.17, 15) is 13.2 Å². The standard InChI is InChI=1S/C12H15F3/c1-4-7(2)8(3)9-5-10(13)12(15)11(14)6-9/h5-8H,4H2,1-3H3. The molecule has 0 fully saturated rings. The Morgan fingerprint density at radius 1 is 1.07 bits per heavy atom. The van der Waals surface area contributed by atoms with Crippen LogP contribution in [0.3, 0.4) is 0 Å². The zero-order valence-corrected chi connectivity index (χ0v) is 9.15. The molecule has 2 unspecified atom stereocenters. The molecule has 0 aromatic heterocycles. The van der Waals surface area contributed by atoms with Crippen LogP contribution in [0.2, 0.25) is 0 Å². The van der Waals surface area contributed by atoms with Gasteiger partial charge >= 0.3 is 0 Å². The fraction of sp³-hybridized carbons (Fsp3) is 0.500. The molecule has 0 aliphatic rings. The third-order valence-electron chi connectivity index (χ3n) is 3.03. The quantitative estimate of drug-likeness (QED) is 0.662. The van der Waals surface area contributed by atoms with Crippen molar-refractivity contribution in [2.75, 3.05) is 0 Å². The van der Waals surface area contributed by atoms with Gasteiger partial charge in [-0.1, -0.05) is 27.2 Å². The van der Waals surface area contributed by atoms with Gasteiger partial charge in [0.2, 0.25) is 0 Å². The zero-order chi connectivity index (χ0) is 11.6.